The Hall–Kier alpha value is -2.67. The van der Waals surface area contributed by atoms with E-state index in [-0.39, 0.29) is 5.78 Å². The van der Waals surface area contributed by atoms with Crippen LogP contribution in [0.15, 0.2) is 47.6 Å². The van der Waals surface area contributed by atoms with Crippen LogP contribution in [-0.4, -0.2) is 35.0 Å². The van der Waals surface area contributed by atoms with Crippen LogP contribution in [0.1, 0.15) is 34.6 Å². The Kier molecular flexibility index (Phi) is 6.30. The van der Waals surface area contributed by atoms with Gasteiger partial charge in [0.25, 0.3) is 5.91 Å². The Morgan fingerprint density at radius 1 is 1.12 bits per heavy atom. The van der Waals surface area contributed by atoms with Crippen LogP contribution in [0.4, 0.5) is 5.69 Å². The first kappa shape index (κ1) is 18.7. The average Bonchev–Trinajstić information content (AvgIpc) is 2.61. The molecule has 6 nitrogen and oxygen atoms in total. The summed E-state index contributed by atoms with van der Waals surface area (Å²) < 4.78 is 5.22. The molecule has 7 heteroatoms. The third kappa shape index (κ3) is 4.67. The zero-order chi connectivity index (χ0) is 18.4. The van der Waals surface area contributed by atoms with Crippen LogP contribution in [0.3, 0.4) is 0 Å². The van der Waals surface area contributed by atoms with E-state index in [1.807, 2.05) is 0 Å². The maximum atomic E-state index is 12.3. The molecule has 1 N–H and O–H groups in total. The van der Waals surface area contributed by atoms with Crippen molar-refractivity contribution in [3.05, 3.63) is 53.7 Å². The number of amides is 1. The van der Waals surface area contributed by atoms with Crippen molar-refractivity contribution in [3.8, 4) is 0 Å². The first-order chi connectivity index (χ1) is 11.9. The summed E-state index contributed by atoms with van der Waals surface area (Å²) in [7, 11) is 0. The number of Topliss-reactive ketones (excluding diaryl/α,β-unsaturated/α-hetero) is 1. The second-order valence-corrected chi connectivity index (χ2v) is 5.99. The summed E-state index contributed by atoms with van der Waals surface area (Å²) in [4.78, 5) is 40.2. The molecule has 0 aliphatic heterocycles. The van der Waals surface area contributed by atoms with Gasteiger partial charge in [-0.15, -0.1) is 11.8 Å². The highest BCUT2D eigenvalue weighted by Crippen LogP contribution is 2.19. The second-order valence-electron chi connectivity index (χ2n) is 5.20. The highest BCUT2D eigenvalue weighted by molar-refractivity contribution is 7.98. The lowest BCUT2D eigenvalue weighted by Gasteiger charge is -2.15. The summed E-state index contributed by atoms with van der Waals surface area (Å²) in [6.45, 7) is 2.89. The molecule has 1 amide bonds. The van der Waals surface area contributed by atoms with Gasteiger partial charge in [-0.1, -0.05) is 12.1 Å². The van der Waals surface area contributed by atoms with Crippen LogP contribution in [0.25, 0.3) is 0 Å². The van der Waals surface area contributed by atoms with Crippen molar-refractivity contribution in [3.63, 3.8) is 0 Å². The molecule has 1 heterocycles. The van der Waals surface area contributed by atoms with E-state index in [0.717, 1.165) is 0 Å². The molecule has 2 rings (SSSR count). The molecule has 0 saturated heterocycles. The third-order valence-electron chi connectivity index (χ3n) is 3.40. The molecule has 130 valence electrons. The van der Waals surface area contributed by atoms with E-state index in [0.29, 0.717) is 21.8 Å². The van der Waals surface area contributed by atoms with Crippen LogP contribution in [-0.2, 0) is 9.53 Å². The van der Waals surface area contributed by atoms with Crippen LogP contribution < -0.4 is 5.32 Å². The van der Waals surface area contributed by atoms with E-state index in [4.69, 9.17) is 4.74 Å². The number of aromatic nitrogens is 1. The quantitative estimate of drug-likeness (QED) is 0.485. The summed E-state index contributed by atoms with van der Waals surface area (Å²) in [5.41, 5.74) is 1.08. The molecule has 0 bridgehead atoms. The van der Waals surface area contributed by atoms with Crippen LogP contribution >= 0.6 is 11.8 Å². The van der Waals surface area contributed by atoms with Crippen LogP contribution in [0, 0.1) is 0 Å². The summed E-state index contributed by atoms with van der Waals surface area (Å²) in [6.07, 6.45) is 2.35. The van der Waals surface area contributed by atoms with Crippen molar-refractivity contribution >= 4 is 35.1 Å². The Morgan fingerprint density at radius 3 is 2.48 bits per heavy atom. The minimum atomic E-state index is -1.03. The fourth-order valence-electron chi connectivity index (χ4n) is 2.12. The third-order valence-corrected chi connectivity index (χ3v) is 4.11. The SMILES string of the molecule is CSc1ncccc1C(=O)OC(C)C(=O)Nc1ccccc1C(C)=O. The number of benzene rings is 1. The Morgan fingerprint density at radius 2 is 1.80 bits per heavy atom. The first-order valence-corrected chi connectivity index (χ1v) is 8.77. The molecule has 1 aromatic heterocycles. The van der Waals surface area contributed by atoms with Gasteiger partial charge in [-0.05, 0) is 44.4 Å². The predicted octanol–water partition coefficient (Wildman–Crippen LogP) is 3.19. The topological polar surface area (TPSA) is 85.4 Å². The summed E-state index contributed by atoms with van der Waals surface area (Å²) in [6, 6.07) is 9.88. The van der Waals surface area contributed by atoms with Crippen molar-refractivity contribution in [1.29, 1.82) is 0 Å². The van der Waals surface area contributed by atoms with Gasteiger partial charge in [-0.3, -0.25) is 9.59 Å². The molecule has 1 unspecified atom stereocenters. The fraction of sp³-hybridized carbons (Fsp3) is 0.222. The largest absolute Gasteiger partial charge is 0.449 e. The number of ketones is 1. The van der Waals surface area contributed by atoms with E-state index < -0.39 is 18.0 Å². The number of carbonyl (C=O) groups is 3. The summed E-state index contributed by atoms with van der Waals surface area (Å²) in [5, 5.41) is 3.15. The number of esters is 1. The number of carbonyl (C=O) groups excluding carboxylic acids is 3. The zero-order valence-corrected chi connectivity index (χ0v) is 14.9. The van der Waals surface area contributed by atoms with Crippen molar-refractivity contribution in [2.45, 2.75) is 25.0 Å². The maximum absolute atomic E-state index is 12.3. The van der Waals surface area contributed by atoms with E-state index in [9.17, 15) is 14.4 Å². The van der Waals surface area contributed by atoms with E-state index in [2.05, 4.69) is 10.3 Å². The van der Waals surface area contributed by atoms with Crippen molar-refractivity contribution < 1.29 is 19.1 Å². The number of hydrogen-bond donors (Lipinski definition) is 1. The molecule has 0 spiro atoms. The lowest BCUT2D eigenvalue weighted by molar-refractivity contribution is -0.123. The number of nitrogens with zero attached hydrogens (tertiary/aromatic N) is 1. The average molecular weight is 358 g/mol. The molecule has 0 aliphatic rings. The summed E-state index contributed by atoms with van der Waals surface area (Å²) >= 11 is 1.32. The first-order valence-electron chi connectivity index (χ1n) is 7.55. The predicted molar refractivity (Wildman–Crippen MR) is 96.0 cm³/mol. The van der Waals surface area contributed by atoms with Gasteiger partial charge >= 0.3 is 5.97 Å². The number of para-hydroxylation sites is 1. The van der Waals surface area contributed by atoms with Crippen molar-refractivity contribution in [1.82, 2.24) is 4.98 Å². The molecule has 0 aliphatic carbocycles. The molecule has 0 radical (unpaired) electrons. The fourth-order valence-corrected chi connectivity index (χ4v) is 2.66. The van der Waals surface area contributed by atoms with Gasteiger partial charge in [0.1, 0.15) is 5.03 Å². The van der Waals surface area contributed by atoms with Gasteiger partial charge in [-0.25, -0.2) is 9.78 Å². The number of hydrogen-bond acceptors (Lipinski definition) is 6. The number of nitrogens with one attached hydrogen (secondary N) is 1. The molecule has 2 aromatic rings. The van der Waals surface area contributed by atoms with Gasteiger partial charge in [-0.2, -0.15) is 0 Å². The van der Waals surface area contributed by atoms with Gasteiger partial charge in [0.2, 0.25) is 0 Å². The number of pyridine rings is 1. The number of ether oxygens (including phenoxy) is 1. The highest BCUT2D eigenvalue weighted by atomic mass is 32.2. The van der Waals surface area contributed by atoms with Gasteiger partial charge in [0, 0.05) is 11.8 Å². The smallest absolute Gasteiger partial charge is 0.341 e. The van der Waals surface area contributed by atoms with Gasteiger partial charge in [0.15, 0.2) is 11.9 Å². The van der Waals surface area contributed by atoms with Gasteiger partial charge in [0.05, 0.1) is 11.3 Å². The molecule has 1 atom stereocenters. The van der Waals surface area contributed by atoms with Crippen molar-refractivity contribution in [2.75, 3.05) is 11.6 Å². The zero-order valence-electron chi connectivity index (χ0n) is 14.1. The van der Waals surface area contributed by atoms with Gasteiger partial charge < -0.3 is 10.1 Å². The molecule has 0 fully saturated rings. The van der Waals surface area contributed by atoms with Crippen LogP contribution in [0.2, 0.25) is 0 Å². The standard InChI is InChI=1S/C18H18N2O4S/c1-11(21)13-7-4-5-9-15(13)20-16(22)12(2)24-18(23)14-8-6-10-19-17(14)25-3/h4-10,12H,1-3H3,(H,20,22). The van der Waals surface area contributed by atoms with E-state index in [1.165, 1.54) is 25.6 Å². The normalized spacial score (nSPS) is 11.5. The summed E-state index contributed by atoms with van der Waals surface area (Å²) in [5.74, 6) is -1.31. The van der Waals surface area contributed by atoms with E-state index in [1.54, 1.807) is 48.9 Å². The lowest BCUT2D eigenvalue weighted by Crippen LogP contribution is -2.30. The minimum absolute atomic E-state index is 0.166. The Bertz CT molecular complexity index is 807. The van der Waals surface area contributed by atoms with E-state index >= 15 is 0 Å². The molecule has 1 aromatic carbocycles. The van der Waals surface area contributed by atoms with Crippen molar-refractivity contribution in [2.24, 2.45) is 0 Å². The number of thioether (sulfide) groups is 1. The monoisotopic (exact) mass is 358 g/mol. The Labute approximate surface area is 150 Å². The number of anilines is 1. The molecule has 0 saturated carbocycles. The number of rotatable bonds is 6. The molecular weight excluding hydrogens is 340 g/mol. The minimum Gasteiger partial charge on any atom is -0.449 e. The van der Waals surface area contributed by atoms with Crippen LogP contribution in [0.5, 0.6) is 0 Å². The maximum Gasteiger partial charge on any atom is 0.341 e. The Balaban J connectivity index is 2.08. The lowest BCUT2D eigenvalue weighted by atomic mass is 10.1. The molecular formula is C18H18N2O4S. The highest BCUT2D eigenvalue weighted by Gasteiger charge is 2.22. The second kappa shape index (κ2) is 8.43. The molecule has 25 heavy (non-hydrogen) atoms.